The molecule has 0 saturated heterocycles. The van der Waals surface area contributed by atoms with Gasteiger partial charge in [-0.2, -0.15) is 0 Å². The predicted molar refractivity (Wildman–Crippen MR) is 60.3 cm³/mol. The Morgan fingerprint density at radius 3 is 2.14 bits per heavy atom. The van der Waals surface area contributed by atoms with E-state index in [1.165, 1.54) is 0 Å². The van der Waals surface area contributed by atoms with Crippen LogP contribution in [0.25, 0.3) is 5.57 Å². The van der Waals surface area contributed by atoms with E-state index in [1.54, 1.807) is 0 Å². The summed E-state index contributed by atoms with van der Waals surface area (Å²) in [6.45, 7) is 9.63. The largest absolute Gasteiger partial charge is 0.294 e. The highest BCUT2D eigenvalue weighted by Crippen LogP contribution is 2.19. The molecule has 0 aliphatic carbocycles. The topological polar surface area (TPSA) is 17.1 Å². The zero-order chi connectivity index (χ0) is 10.7. The summed E-state index contributed by atoms with van der Waals surface area (Å²) in [5, 5.41) is 0. The van der Waals surface area contributed by atoms with Gasteiger partial charge < -0.3 is 0 Å². The maximum absolute atomic E-state index is 11.8. The zero-order valence-corrected chi connectivity index (χ0v) is 9.00. The molecule has 1 aromatic rings. The van der Waals surface area contributed by atoms with Crippen LogP contribution >= 0.6 is 0 Å². The summed E-state index contributed by atoms with van der Waals surface area (Å²) in [5.74, 6) is 0.221. The highest BCUT2D eigenvalue weighted by atomic mass is 16.1. The minimum atomic E-state index is 0.0375. The van der Waals surface area contributed by atoms with Crippen LogP contribution < -0.4 is 0 Å². The number of carbonyl (C=O) groups excluding carboxylic acids is 1. The van der Waals surface area contributed by atoms with Crippen molar-refractivity contribution in [3.63, 3.8) is 0 Å². The van der Waals surface area contributed by atoms with Crippen LogP contribution in [0, 0.1) is 5.92 Å². The van der Waals surface area contributed by atoms with E-state index in [4.69, 9.17) is 0 Å². The Balaban J connectivity index is 3.20. The molecule has 0 N–H and O–H groups in total. The van der Waals surface area contributed by atoms with Crippen LogP contribution in [-0.2, 0) is 0 Å². The summed E-state index contributed by atoms with van der Waals surface area (Å²) >= 11 is 0. The molecule has 74 valence electrons. The minimum Gasteiger partial charge on any atom is -0.294 e. The highest BCUT2D eigenvalue weighted by Gasteiger charge is 2.13. The molecule has 1 aromatic carbocycles. The van der Waals surface area contributed by atoms with E-state index in [0.29, 0.717) is 0 Å². The molecule has 0 aromatic heterocycles. The number of carbonyl (C=O) groups is 1. The summed E-state index contributed by atoms with van der Waals surface area (Å²) in [5.41, 5.74) is 2.69. The number of allylic oxidation sites excluding steroid dienone is 1. The summed E-state index contributed by atoms with van der Waals surface area (Å²) < 4.78 is 0. The number of hydrogen-bond donors (Lipinski definition) is 0. The number of benzene rings is 1. The molecule has 0 bridgehead atoms. The predicted octanol–water partition coefficient (Wildman–Crippen LogP) is 3.56. The molecule has 0 aliphatic heterocycles. The maximum Gasteiger partial charge on any atom is 0.165 e. The first-order valence-corrected chi connectivity index (χ1v) is 4.83. The molecule has 0 spiro atoms. The van der Waals surface area contributed by atoms with Crippen molar-refractivity contribution >= 4 is 11.4 Å². The molecule has 14 heavy (non-hydrogen) atoms. The molecule has 0 radical (unpaired) electrons. The quantitative estimate of drug-likeness (QED) is 0.663. The van der Waals surface area contributed by atoms with Gasteiger partial charge in [0.25, 0.3) is 0 Å². The summed E-state index contributed by atoms with van der Waals surface area (Å²) in [7, 11) is 0. The van der Waals surface area contributed by atoms with Gasteiger partial charge in [-0.1, -0.05) is 50.3 Å². The van der Waals surface area contributed by atoms with E-state index in [0.717, 1.165) is 16.7 Å². The van der Waals surface area contributed by atoms with E-state index < -0.39 is 0 Å². The first-order chi connectivity index (χ1) is 6.54. The van der Waals surface area contributed by atoms with Gasteiger partial charge in [-0.15, -0.1) is 0 Å². The fourth-order valence-corrected chi connectivity index (χ4v) is 1.38. The fourth-order valence-electron chi connectivity index (χ4n) is 1.38. The van der Waals surface area contributed by atoms with Gasteiger partial charge in [0.1, 0.15) is 0 Å². The van der Waals surface area contributed by atoms with E-state index in [1.807, 2.05) is 45.0 Å². The van der Waals surface area contributed by atoms with Crippen molar-refractivity contribution in [2.75, 3.05) is 0 Å². The number of ketones is 1. The highest BCUT2D eigenvalue weighted by molar-refractivity contribution is 6.01. The molecule has 0 saturated carbocycles. The molecule has 1 nitrogen and oxygen atoms in total. The lowest BCUT2D eigenvalue weighted by atomic mass is 9.94. The standard InChI is InChI=1S/C13H16O/c1-9(2)11-7-5-6-8-12(11)13(14)10(3)4/h5-8,10H,1H2,2-4H3. The average molecular weight is 188 g/mol. The van der Waals surface area contributed by atoms with E-state index >= 15 is 0 Å². The zero-order valence-electron chi connectivity index (χ0n) is 9.00. The third kappa shape index (κ3) is 2.11. The van der Waals surface area contributed by atoms with Crippen molar-refractivity contribution in [2.24, 2.45) is 5.92 Å². The van der Waals surface area contributed by atoms with E-state index in [9.17, 15) is 4.79 Å². The molecule has 0 heterocycles. The monoisotopic (exact) mass is 188 g/mol. The second-order valence-electron chi connectivity index (χ2n) is 3.84. The third-order valence-corrected chi connectivity index (χ3v) is 2.18. The van der Waals surface area contributed by atoms with Crippen molar-refractivity contribution in [1.29, 1.82) is 0 Å². The summed E-state index contributed by atoms with van der Waals surface area (Å²) in [4.78, 5) is 11.8. The van der Waals surface area contributed by atoms with E-state index in [-0.39, 0.29) is 11.7 Å². The van der Waals surface area contributed by atoms with Crippen LogP contribution in [0.4, 0.5) is 0 Å². The molecular formula is C13H16O. The Hall–Kier alpha value is -1.37. The second kappa shape index (κ2) is 4.23. The average Bonchev–Trinajstić information content (AvgIpc) is 2.16. The lowest BCUT2D eigenvalue weighted by molar-refractivity contribution is 0.0939. The molecular weight excluding hydrogens is 172 g/mol. The SMILES string of the molecule is C=C(C)c1ccccc1C(=O)C(C)C. The van der Waals surface area contributed by atoms with Crippen molar-refractivity contribution < 1.29 is 4.79 Å². The third-order valence-electron chi connectivity index (χ3n) is 2.18. The molecule has 0 atom stereocenters. The van der Waals surface area contributed by atoms with Crippen molar-refractivity contribution in [3.8, 4) is 0 Å². The van der Waals surface area contributed by atoms with Gasteiger partial charge in [0.15, 0.2) is 5.78 Å². The van der Waals surface area contributed by atoms with Crippen molar-refractivity contribution in [2.45, 2.75) is 20.8 Å². The lowest BCUT2D eigenvalue weighted by Crippen LogP contribution is -2.09. The Bertz CT molecular complexity index is 361. The van der Waals surface area contributed by atoms with Gasteiger partial charge in [0, 0.05) is 11.5 Å². The number of rotatable bonds is 3. The van der Waals surface area contributed by atoms with Crippen LogP contribution in [0.2, 0.25) is 0 Å². The van der Waals surface area contributed by atoms with Crippen LogP contribution in [0.3, 0.4) is 0 Å². The Morgan fingerprint density at radius 1 is 1.21 bits per heavy atom. The van der Waals surface area contributed by atoms with Gasteiger partial charge in [-0.25, -0.2) is 0 Å². The number of Topliss-reactive ketones (excluding diaryl/α,β-unsaturated/α-hetero) is 1. The second-order valence-corrected chi connectivity index (χ2v) is 3.84. The van der Waals surface area contributed by atoms with Gasteiger partial charge in [0.2, 0.25) is 0 Å². The molecule has 0 amide bonds. The molecule has 0 unspecified atom stereocenters. The van der Waals surface area contributed by atoms with Crippen molar-refractivity contribution in [3.05, 3.63) is 42.0 Å². The minimum absolute atomic E-state index is 0.0375. The fraction of sp³-hybridized carbons (Fsp3) is 0.308. The molecule has 1 heteroatoms. The van der Waals surface area contributed by atoms with E-state index in [2.05, 4.69) is 6.58 Å². The van der Waals surface area contributed by atoms with Crippen LogP contribution in [0.15, 0.2) is 30.8 Å². The normalized spacial score (nSPS) is 10.3. The first kappa shape index (κ1) is 10.7. The molecule has 0 aliphatic rings. The Morgan fingerprint density at radius 2 is 1.71 bits per heavy atom. The summed E-state index contributed by atoms with van der Waals surface area (Å²) in [6, 6.07) is 7.63. The van der Waals surface area contributed by atoms with Crippen molar-refractivity contribution in [1.82, 2.24) is 0 Å². The molecule has 1 rings (SSSR count). The Kier molecular flexibility index (Phi) is 3.23. The maximum atomic E-state index is 11.8. The number of hydrogen-bond acceptors (Lipinski definition) is 1. The van der Waals surface area contributed by atoms with Gasteiger partial charge in [-0.3, -0.25) is 4.79 Å². The van der Waals surface area contributed by atoms with Crippen LogP contribution in [-0.4, -0.2) is 5.78 Å². The van der Waals surface area contributed by atoms with Gasteiger partial charge >= 0.3 is 0 Å². The Labute approximate surface area is 85.5 Å². The van der Waals surface area contributed by atoms with Crippen LogP contribution in [0.1, 0.15) is 36.7 Å². The first-order valence-electron chi connectivity index (χ1n) is 4.83. The van der Waals surface area contributed by atoms with Gasteiger partial charge in [0.05, 0.1) is 0 Å². The molecule has 0 fully saturated rings. The summed E-state index contributed by atoms with van der Waals surface area (Å²) in [6.07, 6.45) is 0. The lowest BCUT2D eigenvalue weighted by Gasteiger charge is -2.09. The van der Waals surface area contributed by atoms with Gasteiger partial charge in [-0.05, 0) is 12.5 Å². The van der Waals surface area contributed by atoms with Crippen LogP contribution in [0.5, 0.6) is 0 Å². The smallest absolute Gasteiger partial charge is 0.165 e.